The van der Waals surface area contributed by atoms with Gasteiger partial charge in [0.05, 0.1) is 0 Å². The molecular formula is C22H22FN3O. The summed E-state index contributed by atoms with van der Waals surface area (Å²) in [6, 6.07) is 17.7. The van der Waals surface area contributed by atoms with Crippen molar-refractivity contribution in [1.29, 1.82) is 0 Å². The highest BCUT2D eigenvalue weighted by atomic mass is 19.1. The van der Waals surface area contributed by atoms with Crippen molar-refractivity contribution >= 4 is 11.7 Å². The van der Waals surface area contributed by atoms with Gasteiger partial charge in [0.25, 0.3) is 0 Å². The SMILES string of the molecule is CCc1ccccc1NC(=O)N1CCn2cccc2C1c1ccccc1F. The second-order valence-corrected chi connectivity index (χ2v) is 6.68. The lowest BCUT2D eigenvalue weighted by atomic mass is 9.99. The lowest BCUT2D eigenvalue weighted by molar-refractivity contribution is 0.180. The van der Waals surface area contributed by atoms with Gasteiger partial charge in [0.1, 0.15) is 11.9 Å². The van der Waals surface area contributed by atoms with E-state index in [1.165, 1.54) is 6.07 Å². The smallest absolute Gasteiger partial charge is 0.322 e. The van der Waals surface area contributed by atoms with E-state index >= 15 is 0 Å². The van der Waals surface area contributed by atoms with Crippen molar-refractivity contribution in [3.63, 3.8) is 0 Å². The number of halogens is 1. The number of hydrogen-bond acceptors (Lipinski definition) is 1. The Bertz CT molecular complexity index is 965. The van der Waals surface area contributed by atoms with Crippen molar-refractivity contribution in [2.75, 3.05) is 11.9 Å². The summed E-state index contributed by atoms with van der Waals surface area (Å²) in [7, 11) is 0. The second kappa shape index (κ2) is 7.27. The van der Waals surface area contributed by atoms with E-state index in [2.05, 4.69) is 16.8 Å². The van der Waals surface area contributed by atoms with E-state index in [-0.39, 0.29) is 11.8 Å². The van der Waals surface area contributed by atoms with Gasteiger partial charge in [-0.3, -0.25) is 0 Å². The second-order valence-electron chi connectivity index (χ2n) is 6.68. The maximum atomic E-state index is 14.6. The van der Waals surface area contributed by atoms with Crippen molar-refractivity contribution in [3.8, 4) is 0 Å². The number of fused-ring (bicyclic) bond motifs is 1. The summed E-state index contributed by atoms with van der Waals surface area (Å²) in [4.78, 5) is 14.9. The van der Waals surface area contributed by atoms with Crippen LogP contribution < -0.4 is 5.32 Å². The van der Waals surface area contributed by atoms with E-state index in [0.717, 1.165) is 23.4 Å². The number of nitrogens with one attached hydrogen (secondary N) is 1. The van der Waals surface area contributed by atoms with Crippen LogP contribution in [-0.2, 0) is 13.0 Å². The van der Waals surface area contributed by atoms with Crippen LogP contribution in [0, 0.1) is 5.82 Å². The van der Waals surface area contributed by atoms with Crippen molar-refractivity contribution in [2.24, 2.45) is 0 Å². The minimum Gasteiger partial charge on any atom is -0.348 e. The van der Waals surface area contributed by atoms with Crippen LogP contribution in [-0.4, -0.2) is 22.0 Å². The molecule has 0 spiro atoms. The Balaban J connectivity index is 1.70. The number of amides is 2. The normalized spacial score (nSPS) is 16.1. The molecule has 0 aliphatic carbocycles. The molecule has 5 heteroatoms. The molecule has 1 N–H and O–H groups in total. The number of hydrogen-bond donors (Lipinski definition) is 1. The number of anilines is 1. The molecule has 27 heavy (non-hydrogen) atoms. The number of aryl methyl sites for hydroxylation is 1. The molecule has 2 heterocycles. The van der Waals surface area contributed by atoms with Crippen LogP contribution in [0.25, 0.3) is 0 Å². The number of rotatable bonds is 3. The van der Waals surface area contributed by atoms with E-state index in [1.54, 1.807) is 17.0 Å². The van der Waals surface area contributed by atoms with Crippen LogP contribution in [0.15, 0.2) is 66.9 Å². The first-order valence-corrected chi connectivity index (χ1v) is 9.24. The fourth-order valence-electron chi connectivity index (χ4n) is 3.76. The summed E-state index contributed by atoms with van der Waals surface area (Å²) in [5.74, 6) is -0.302. The maximum absolute atomic E-state index is 14.6. The van der Waals surface area contributed by atoms with Gasteiger partial charge in [0.2, 0.25) is 0 Å². The lowest BCUT2D eigenvalue weighted by Gasteiger charge is -2.37. The van der Waals surface area contributed by atoms with E-state index in [0.29, 0.717) is 18.7 Å². The highest BCUT2D eigenvalue weighted by molar-refractivity contribution is 5.90. The summed E-state index contributed by atoms with van der Waals surface area (Å²) >= 11 is 0. The Morgan fingerprint density at radius 3 is 2.67 bits per heavy atom. The monoisotopic (exact) mass is 363 g/mol. The van der Waals surface area contributed by atoms with Crippen molar-refractivity contribution in [2.45, 2.75) is 25.9 Å². The predicted octanol–water partition coefficient (Wildman–Crippen LogP) is 4.83. The van der Waals surface area contributed by atoms with Gasteiger partial charge in [-0.05, 0) is 36.2 Å². The van der Waals surface area contributed by atoms with E-state index in [1.807, 2.05) is 48.7 Å². The summed E-state index contributed by atoms with van der Waals surface area (Å²) < 4.78 is 16.7. The Kier molecular flexibility index (Phi) is 4.67. The minimum absolute atomic E-state index is 0.211. The molecule has 4 rings (SSSR count). The van der Waals surface area contributed by atoms with E-state index in [9.17, 15) is 9.18 Å². The Labute approximate surface area is 158 Å². The van der Waals surface area contributed by atoms with Gasteiger partial charge in [0.15, 0.2) is 0 Å². The molecule has 1 aliphatic heterocycles. The Hall–Kier alpha value is -3.08. The quantitative estimate of drug-likeness (QED) is 0.711. The zero-order valence-corrected chi connectivity index (χ0v) is 15.2. The average Bonchev–Trinajstić information content (AvgIpc) is 3.17. The highest BCUT2D eigenvalue weighted by Gasteiger charge is 2.33. The molecule has 1 unspecified atom stereocenters. The summed E-state index contributed by atoms with van der Waals surface area (Å²) in [5.41, 5.74) is 3.31. The first-order chi connectivity index (χ1) is 13.2. The van der Waals surface area contributed by atoms with Gasteiger partial charge in [-0.15, -0.1) is 0 Å². The largest absolute Gasteiger partial charge is 0.348 e. The molecule has 0 bridgehead atoms. The number of carbonyl (C=O) groups excluding carboxylic acids is 1. The minimum atomic E-state index is -0.455. The van der Waals surface area contributed by atoms with Crippen LogP contribution in [0.3, 0.4) is 0 Å². The molecule has 4 nitrogen and oxygen atoms in total. The van der Waals surface area contributed by atoms with Crippen molar-refractivity contribution < 1.29 is 9.18 Å². The van der Waals surface area contributed by atoms with Gasteiger partial charge in [-0.1, -0.05) is 43.3 Å². The number of para-hydroxylation sites is 1. The number of carbonyl (C=O) groups is 1. The van der Waals surface area contributed by atoms with Crippen LogP contribution in [0.4, 0.5) is 14.9 Å². The third kappa shape index (κ3) is 3.21. The molecule has 2 amide bonds. The Morgan fingerprint density at radius 2 is 1.85 bits per heavy atom. The number of aromatic nitrogens is 1. The van der Waals surface area contributed by atoms with Crippen LogP contribution in [0.1, 0.15) is 29.8 Å². The molecule has 2 aromatic carbocycles. The van der Waals surface area contributed by atoms with Gasteiger partial charge >= 0.3 is 6.03 Å². The first kappa shape index (κ1) is 17.3. The standard InChI is InChI=1S/C22H22FN3O/c1-2-16-8-3-6-11-19(16)24-22(27)26-15-14-25-13-7-12-20(25)21(26)17-9-4-5-10-18(17)23/h3-13,21H,2,14-15H2,1H3,(H,24,27). The summed E-state index contributed by atoms with van der Waals surface area (Å²) in [6.07, 6.45) is 2.81. The predicted molar refractivity (Wildman–Crippen MR) is 104 cm³/mol. The molecule has 1 atom stereocenters. The molecule has 0 radical (unpaired) electrons. The number of urea groups is 1. The molecule has 0 fully saturated rings. The fourth-order valence-corrected chi connectivity index (χ4v) is 3.76. The van der Waals surface area contributed by atoms with Gasteiger partial charge < -0.3 is 14.8 Å². The molecule has 0 saturated carbocycles. The molecule has 3 aromatic rings. The Morgan fingerprint density at radius 1 is 1.07 bits per heavy atom. The van der Waals surface area contributed by atoms with Crippen LogP contribution in [0.5, 0.6) is 0 Å². The van der Waals surface area contributed by atoms with Gasteiger partial charge in [0, 0.05) is 36.2 Å². The van der Waals surface area contributed by atoms with Gasteiger partial charge in [-0.2, -0.15) is 0 Å². The van der Waals surface area contributed by atoms with Crippen LogP contribution >= 0.6 is 0 Å². The molecule has 1 aliphatic rings. The van der Waals surface area contributed by atoms with Gasteiger partial charge in [-0.25, -0.2) is 9.18 Å². The molecule has 1 aromatic heterocycles. The highest BCUT2D eigenvalue weighted by Crippen LogP contribution is 2.34. The topological polar surface area (TPSA) is 37.3 Å². The number of benzene rings is 2. The molecule has 0 saturated heterocycles. The molecular weight excluding hydrogens is 341 g/mol. The first-order valence-electron chi connectivity index (χ1n) is 9.24. The molecule has 138 valence electrons. The van der Waals surface area contributed by atoms with E-state index in [4.69, 9.17) is 0 Å². The van der Waals surface area contributed by atoms with E-state index < -0.39 is 6.04 Å². The fraction of sp³-hybridized carbons (Fsp3) is 0.227. The zero-order valence-electron chi connectivity index (χ0n) is 15.2. The maximum Gasteiger partial charge on any atom is 0.322 e. The third-order valence-electron chi connectivity index (χ3n) is 5.14. The summed E-state index contributed by atoms with van der Waals surface area (Å²) in [5, 5.41) is 3.03. The van der Waals surface area contributed by atoms with Crippen LogP contribution in [0.2, 0.25) is 0 Å². The van der Waals surface area contributed by atoms with Crippen molar-refractivity contribution in [1.82, 2.24) is 9.47 Å². The lowest BCUT2D eigenvalue weighted by Crippen LogP contribution is -2.44. The average molecular weight is 363 g/mol. The zero-order chi connectivity index (χ0) is 18.8. The third-order valence-corrected chi connectivity index (χ3v) is 5.14. The van der Waals surface area contributed by atoms with Crippen molar-refractivity contribution in [3.05, 3.63) is 89.5 Å². The summed E-state index contributed by atoms with van der Waals surface area (Å²) in [6.45, 7) is 3.26. The number of nitrogens with zero attached hydrogens (tertiary/aromatic N) is 2.